The van der Waals surface area contributed by atoms with E-state index < -0.39 is 17.5 Å². The lowest BCUT2D eigenvalue weighted by Crippen LogP contribution is -2.51. The Morgan fingerprint density at radius 3 is 2.18 bits per heavy atom. The van der Waals surface area contributed by atoms with Crippen molar-refractivity contribution in [2.45, 2.75) is 64.6 Å². The molecule has 8 heteroatoms. The normalized spacial score (nSPS) is 11.9. The maximum Gasteiger partial charge on any atom is 0.243 e. The molecule has 4 N–H and O–H groups in total. The molecule has 0 aromatic heterocycles. The fourth-order valence-corrected chi connectivity index (χ4v) is 4.18. The van der Waals surface area contributed by atoms with Gasteiger partial charge in [0, 0.05) is 31.5 Å². The molecule has 0 radical (unpaired) electrons. The van der Waals surface area contributed by atoms with E-state index in [0.29, 0.717) is 13.0 Å². The van der Waals surface area contributed by atoms with Gasteiger partial charge in [-0.3, -0.25) is 19.2 Å². The summed E-state index contributed by atoms with van der Waals surface area (Å²) in [7, 11) is 0. The number of hydrogen-bond acceptors (Lipinski definition) is 4. The molecule has 0 aliphatic carbocycles. The summed E-state index contributed by atoms with van der Waals surface area (Å²) in [6, 6.07) is 22.4. The Hall–Kier alpha value is -4.20. The first-order valence-electron chi connectivity index (χ1n) is 13.3. The second-order valence-electron chi connectivity index (χ2n) is 10.6. The lowest BCUT2D eigenvalue weighted by molar-refractivity contribution is -0.132. The Bertz CT molecular complexity index is 1280. The molecule has 0 aliphatic heterocycles. The zero-order valence-corrected chi connectivity index (χ0v) is 22.9. The highest BCUT2D eigenvalue weighted by Gasteiger charge is 2.25. The fraction of sp³-hybridized carbons (Fsp3) is 0.355. The van der Waals surface area contributed by atoms with Crippen LogP contribution in [0.25, 0.3) is 10.8 Å². The van der Waals surface area contributed by atoms with Gasteiger partial charge in [0.15, 0.2) is 0 Å². The molecule has 8 nitrogen and oxygen atoms in total. The van der Waals surface area contributed by atoms with Crippen molar-refractivity contribution in [3.8, 4) is 0 Å². The molecular weight excluding hydrogens is 492 g/mol. The maximum absolute atomic E-state index is 12.9. The summed E-state index contributed by atoms with van der Waals surface area (Å²) in [6.07, 6.45) is 0.574. The van der Waals surface area contributed by atoms with Gasteiger partial charge in [-0.15, -0.1) is 0 Å². The number of carbonyl (C=O) groups is 4. The lowest BCUT2D eigenvalue weighted by atomic mass is 10.0. The van der Waals surface area contributed by atoms with Crippen LogP contribution in [0.3, 0.4) is 0 Å². The van der Waals surface area contributed by atoms with Gasteiger partial charge in [-0.1, -0.05) is 72.8 Å². The third-order valence-corrected chi connectivity index (χ3v) is 6.05. The number of amides is 4. The molecule has 3 aromatic carbocycles. The summed E-state index contributed by atoms with van der Waals surface area (Å²) in [5.74, 6) is -1.39. The molecule has 3 aromatic rings. The van der Waals surface area contributed by atoms with Crippen LogP contribution in [0.1, 0.15) is 51.2 Å². The number of nitrogens with one attached hydrogen (secondary N) is 4. The first-order valence-corrected chi connectivity index (χ1v) is 13.3. The molecule has 0 fully saturated rings. The molecule has 0 saturated heterocycles. The standard InChI is InChI=1S/C31H38N4O4/c1-31(2,3)35-29(38)20-26(34-28(37)17-16-22-10-5-4-6-11-22)30(39)32-19-18-27(36)33-21-24-14-9-13-23-12-7-8-15-25(23)24/h4-15,26H,16-21H2,1-3H3,(H,32,39)(H,33,36)(H,34,37)(H,35,38). The highest BCUT2D eigenvalue weighted by Crippen LogP contribution is 2.18. The molecule has 206 valence electrons. The molecule has 1 atom stereocenters. The predicted molar refractivity (Wildman–Crippen MR) is 153 cm³/mol. The number of carbonyl (C=O) groups excluding carboxylic acids is 4. The van der Waals surface area contributed by atoms with E-state index in [2.05, 4.69) is 21.3 Å². The average Bonchev–Trinajstić information content (AvgIpc) is 2.89. The topological polar surface area (TPSA) is 116 Å². The number of rotatable bonds is 12. The molecule has 39 heavy (non-hydrogen) atoms. The quantitative estimate of drug-likeness (QED) is 0.287. The van der Waals surface area contributed by atoms with Crippen LogP contribution in [0.4, 0.5) is 0 Å². The van der Waals surface area contributed by atoms with E-state index in [1.807, 2.05) is 93.6 Å². The Morgan fingerprint density at radius 2 is 1.44 bits per heavy atom. The van der Waals surface area contributed by atoms with Gasteiger partial charge in [0.05, 0.1) is 6.42 Å². The van der Waals surface area contributed by atoms with Crippen LogP contribution < -0.4 is 21.3 Å². The van der Waals surface area contributed by atoms with E-state index in [1.165, 1.54) is 0 Å². The molecule has 0 saturated carbocycles. The van der Waals surface area contributed by atoms with Crippen LogP contribution in [0.5, 0.6) is 0 Å². The third kappa shape index (κ3) is 10.2. The zero-order valence-electron chi connectivity index (χ0n) is 22.9. The number of hydrogen-bond donors (Lipinski definition) is 4. The number of fused-ring (bicyclic) bond motifs is 1. The third-order valence-electron chi connectivity index (χ3n) is 6.05. The van der Waals surface area contributed by atoms with E-state index in [1.54, 1.807) is 0 Å². The Labute approximate surface area is 229 Å². The Balaban J connectivity index is 1.50. The second-order valence-corrected chi connectivity index (χ2v) is 10.6. The van der Waals surface area contributed by atoms with Crippen molar-refractivity contribution in [3.05, 3.63) is 83.9 Å². The number of benzene rings is 3. The summed E-state index contributed by atoms with van der Waals surface area (Å²) in [5.41, 5.74) is 1.54. The molecule has 0 aliphatic rings. The van der Waals surface area contributed by atoms with Gasteiger partial charge in [-0.25, -0.2) is 0 Å². The van der Waals surface area contributed by atoms with Crippen molar-refractivity contribution >= 4 is 34.4 Å². The van der Waals surface area contributed by atoms with Crippen molar-refractivity contribution < 1.29 is 19.2 Å². The lowest BCUT2D eigenvalue weighted by Gasteiger charge is -2.23. The monoisotopic (exact) mass is 530 g/mol. The largest absolute Gasteiger partial charge is 0.354 e. The van der Waals surface area contributed by atoms with Crippen LogP contribution in [-0.4, -0.2) is 41.8 Å². The van der Waals surface area contributed by atoms with E-state index in [4.69, 9.17) is 0 Å². The Kier molecular flexibility index (Phi) is 10.6. The molecule has 0 bridgehead atoms. The van der Waals surface area contributed by atoms with Gasteiger partial charge >= 0.3 is 0 Å². The first-order chi connectivity index (χ1) is 18.6. The minimum absolute atomic E-state index is 0.0688. The summed E-state index contributed by atoms with van der Waals surface area (Å²) >= 11 is 0. The van der Waals surface area contributed by atoms with Gasteiger partial charge in [0.1, 0.15) is 6.04 Å². The van der Waals surface area contributed by atoms with E-state index in [9.17, 15) is 19.2 Å². The van der Waals surface area contributed by atoms with Gasteiger partial charge in [0.2, 0.25) is 23.6 Å². The van der Waals surface area contributed by atoms with Crippen molar-refractivity contribution in [1.82, 2.24) is 21.3 Å². The maximum atomic E-state index is 12.9. The van der Waals surface area contributed by atoms with E-state index >= 15 is 0 Å². The van der Waals surface area contributed by atoms with E-state index in [-0.39, 0.29) is 43.5 Å². The molecule has 0 heterocycles. The number of aryl methyl sites for hydroxylation is 1. The summed E-state index contributed by atoms with van der Waals surface area (Å²) in [6.45, 7) is 5.98. The van der Waals surface area contributed by atoms with Crippen LogP contribution in [0, 0.1) is 0 Å². The minimum Gasteiger partial charge on any atom is -0.354 e. The Morgan fingerprint density at radius 1 is 0.744 bits per heavy atom. The van der Waals surface area contributed by atoms with Gasteiger partial charge in [-0.05, 0) is 49.1 Å². The average molecular weight is 531 g/mol. The van der Waals surface area contributed by atoms with E-state index in [0.717, 1.165) is 21.9 Å². The molecular formula is C31H38N4O4. The van der Waals surface area contributed by atoms with Crippen LogP contribution in [0.2, 0.25) is 0 Å². The van der Waals surface area contributed by atoms with Crippen molar-refractivity contribution in [1.29, 1.82) is 0 Å². The van der Waals surface area contributed by atoms with Crippen molar-refractivity contribution in [2.75, 3.05) is 6.54 Å². The zero-order chi connectivity index (χ0) is 28.3. The van der Waals surface area contributed by atoms with Gasteiger partial charge in [-0.2, -0.15) is 0 Å². The summed E-state index contributed by atoms with van der Waals surface area (Å²) < 4.78 is 0. The van der Waals surface area contributed by atoms with Gasteiger partial charge in [0.25, 0.3) is 0 Å². The van der Waals surface area contributed by atoms with Crippen LogP contribution >= 0.6 is 0 Å². The fourth-order valence-electron chi connectivity index (χ4n) is 4.18. The van der Waals surface area contributed by atoms with Gasteiger partial charge < -0.3 is 21.3 Å². The first kappa shape index (κ1) is 29.4. The minimum atomic E-state index is -1.05. The smallest absolute Gasteiger partial charge is 0.243 e. The predicted octanol–water partition coefficient (Wildman–Crippen LogP) is 3.38. The highest BCUT2D eigenvalue weighted by atomic mass is 16.2. The molecule has 4 amide bonds. The van der Waals surface area contributed by atoms with Crippen molar-refractivity contribution in [2.24, 2.45) is 0 Å². The molecule has 0 spiro atoms. The molecule has 1 unspecified atom stereocenters. The molecule has 3 rings (SSSR count). The second kappa shape index (κ2) is 14.1. The summed E-state index contributed by atoms with van der Waals surface area (Å²) in [4.78, 5) is 50.5. The van der Waals surface area contributed by atoms with Crippen LogP contribution in [-0.2, 0) is 32.1 Å². The highest BCUT2D eigenvalue weighted by molar-refractivity contribution is 5.92. The SMILES string of the molecule is CC(C)(C)NC(=O)CC(NC(=O)CCc1ccccc1)C(=O)NCCC(=O)NCc1cccc2ccccc12. The summed E-state index contributed by atoms with van der Waals surface area (Å²) in [5, 5.41) is 13.3. The van der Waals surface area contributed by atoms with Crippen LogP contribution in [0.15, 0.2) is 72.8 Å². The van der Waals surface area contributed by atoms with Crippen molar-refractivity contribution in [3.63, 3.8) is 0 Å².